The molecule has 5 heteroatoms. The van der Waals surface area contributed by atoms with Crippen LogP contribution < -0.4 is 5.32 Å². The van der Waals surface area contributed by atoms with Gasteiger partial charge in [-0.1, -0.05) is 23.7 Å². The predicted molar refractivity (Wildman–Crippen MR) is 64.8 cm³/mol. The minimum Gasteiger partial charge on any atom is -0.421 e. The van der Waals surface area contributed by atoms with Crippen LogP contribution in [0.2, 0.25) is 5.02 Å². The van der Waals surface area contributed by atoms with Gasteiger partial charge in [0.15, 0.2) is 0 Å². The minimum absolute atomic E-state index is 0.498. The Balaban J connectivity index is 1.82. The van der Waals surface area contributed by atoms with Crippen LogP contribution in [0.4, 0.5) is 0 Å². The van der Waals surface area contributed by atoms with Gasteiger partial charge in [-0.25, -0.2) is 0 Å². The lowest BCUT2D eigenvalue weighted by Crippen LogP contribution is -2.43. The molecule has 0 aliphatic carbocycles. The van der Waals surface area contributed by atoms with Crippen LogP contribution in [0.25, 0.3) is 11.5 Å². The molecule has 0 saturated carbocycles. The Morgan fingerprint density at radius 1 is 1.29 bits per heavy atom. The fraction of sp³-hybridized carbons (Fsp3) is 0.333. The van der Waals surface area contributed by atoms with Gasteiger partial charge in [-0.3, -0.25) is 0 Å². The zero-order valence-electron chi connectivity index (χ0n) is 9.19. The Hall–Kier alpha value is -1.39. The largest absolute Gasteiger partial charge is 0.421 e. The van der Waals surface area contributed by atoms with E-state index in [0.29, 0.717) is 22.7 Å². The Bertz CT molecular complexity index is 522. The third-order valence-corrected chi connectivity index (χ3v) is 3.23. The summed E-state index contributed by atoms with van der Waals surface area (Å²) in [5, 5.41) is 11.9. The van der Waals surface area contributed by atoms with Gasteiger partial charge < -0.3 is 9.73 Å². The van der Waals surface area contributed by atoms with Gasteiger partial charge in [0.2, 0.25) is 11.8 Å². The summed E-state index contributed by atoms with van der Waals surface area (Å²) >= 11 is 6.07. The second-order valence-corrected chi connectivity index (χ2v) is 4.62. The lowest BCUT2D eigenvalue weighted by molar-refractivity contribution is 0.319. The number of nitrogens with one attached hydrogen (secondary N) is 1. The van der Waals surface area contributed by atoms with Crippen molar-refractivity contribution in [2.24, 2.45) is 5.92 Å². The lowest BCUT2D eigenvalue weighted by Gasteiger charge is -2.25. The van der Waals surface area contributed by atoms with E-state index in [1.807, 2.05) is 24.3 Å². The number of rotatable bonds is 3. The molecule has 3 rings (SSSR count). The van der Waals surface area contributed by atoms with Crippen LogP contribution in [0.3, 0.4) is 0 Å². The minimum atomic E-state index is 0.498. The first-order valence-corrected chi connectivity index (χ1v) is 5.99. The average Bonchev–Trinajstić information content (AvgIpc) is 2.73. The normalized spacial score (nSPS) is 15.8. The van der Waals surface area contributed by atoms with Gasteiger partial charge in [0.05, 0.1) is 10.6 Å². The van der Waals surface area contributed by atoms with Gasteiger partial charge in [-0.2, -0.15) is 0 Å². The Labute approximate surface area is 104 Å². The number of nitrogens with zero attached hydrogens (tertiary/aromatic N) is 2. The van der Waals surface area contributed by atoms with Crippen molar-refractivity contribution in [2.45, 2.75) is 6.42 Å². The van der Waals surface area contributed by atoms with Crippen LogP contribution in [0.5, 0.6) is 0 Å². The number of aromatic nitrogens is 2. The zero-order valence-corrected chi connectivity index (χ0v) is 9.94. The van der Waals surface area contributed by atoms with Crippen LogP contribution in [0.15, 0.2) is 28.7 Å². The first-order valence-electron chi connectivity index (χ1n) is 5.61. The number of hydrogen-bond donors (Lipinski definition) is 1. The average molecular weight is 250 g/mol. The molecule has 1 aliphatic heterocycles. The molecule has 17 heavy (non-hydrogen) atoms. The van der Waals surface area contributed by atoms with Crippen molar-refractivity contribution in [1.82, 2.24) is 15.5 Å². The van der Waals surface area contributed by atoms with Crippen molar-refractivity contribution in [3.8, 4) is 11.5 Å². The second-order valence-electron chi connectivity index (χ2n) is 4.21. The van der Waals surface area contributed by atoms with E-state index < -0.39 is 0 Å². The quantitative estimate of drug-likeness (QED) is 0.906. The zero-order chi connectivity index (χ0) is 11.7. The van der Waals surface area contributed by atoms with Crippen LogP contribution in [0.1, 0.15) is 5.89 Å². The molecule has 88 valence electrons. The summed E-state index contributed by atoms with van der Waals surface area (Å²) in [6.07, 6.45) is 0.838. The standard InChI is InChI=1S/C12H12ClN3O/c13-10-4-2-1-3-9(10)12-16-15-11(17-12)5-8-6-14-7-8/h1-4,8,14H,5-7H2. The summed E-state index contributed by atoms with van der Waals surface area (Å²) in [6, 6.07) is 7.48. The van der Waals surface area contributed by atoms with Gasteiger partial charge in [0.25, 0.3) is 0 Å². The molecule has 0 spiro atoms. The van der Waals surface area contributed by atoms with Crippen molar-refractivity contribution < 1.29 is 4.42 Å². The molecule has 0 atom stereocenters. The molecular formula is C12H12ClN3O. The highest BCUT2D eigenvalue weighted by Gasteiger charge is 2.20. The van der Waals surface area contributed by atoms with E-state index >= 15 is 0 Å². The topological polar surface area (TPSA) is 51.0 Å². The maximum Gasteiger partial charge on any atom is 0.249 e. The number of hydrogen-bond acceptors (Lipinski definition) is 4. The second kappa shape index (κ2) is 4.47. The molecule has 1 saturated heterocycles. The molecule has 1 aromatic heterocycles. The molecule has 0 radical (unpaired) electrons. The third kappa shape index (κ3) is 2.18. The molecule has 0 unspecified atom stereocenters. The van der Waals surface area contributed by atoms with Gasteiger partial charge >= 0.3 is 0 Å². The van der Waals surface area contributed by atoms with E-state index in [1.54, 1.807) is 0 Å². The molecule has 4 nitrogen and oxygen atoms in total. The summed E-state index contributed by atoms with van der Waals surface area (Å²) in [5.41, 5.74) is 0.791. The van der Waals surface area contributed by atoms with Gasteiger partial charge in [0, 0.05) is 6.42 Å². The molecule has 2 heterocycles. The van der Waals surface area contributed by atoms with Crippen molar-refractivity contribution in [1.29, 1.82) is 0 Å². The van der Waals surface area contributed by atoms with Crippen molar-refractivity contribution in [2.75, 3.05) is 13.1 Å². The maximum atomic E-state index is 6.07. The van der Waals surface area contributed by atoms with Gasteiger partial charge in [-0.05, 0) is 31.1 Å². The number of benzene rings is 1. The molecule has 1 fully saturated rings. The highest BCUT2D eigenvalue weighted by molar-refractivity contribution is 6.33. The van der Waals surface area contributed by atoms with E-state index in [4.69, 9.17) is 16.0 Å². The Morgan fingerprint density at radius 2 is 2.12 bits per heavy atom. The molecule has 1 N–H and O–H groups in total. The maximum absolute atomic E-state index is 6.07. The van der Waals surface area contributed by atoms with Crippen LogP contribution in [-0.2, 0) is 6.42 Å². The number of halogens is 1. The third-order valence-electron chi connectivity index (χ3n) is 2.90. The van der Waals surface area contributed by atoms with Crippen LogP contribution in [0, 0.1) is 5.92 Å². The molecule has 0 amide bonds. The summed E-state index contributed by atoms with van der Waals surface area (Å²) in [7, 11) is 0. The first kappa shape index (κ1) is 10.7. The fourth-order valence-corrected chi connectivity index (χ4v) is 2.04. The molecule has 2 aromatic rings. The van der Waals surface area contributed by atoms with Crippen molar-refractivity contribution in [3.63, 3.8) is 0 Å². The summed E-state index contributed by atoms with van der Waals surface area (Å²) in [5.74, 6) is 1.80. The first-order chi connectivity index (χ1) is 8.33. The fourth-order valence-electron chi connectivity index (χ4n) is 1.82. The molecule has 1 aromatic carbocycles. The summed E-state index contributed by atoms with van der Waals surface area (Å²) < 4.78 is 5.62. The van der Waals surface area contributed by atoms with Gasteiger partial charge in [0.1, 0.15) is 0 Å². The van der Waals surface area contributed by atoms with Crippen LogP contribution >= 0.6 is 11.6 Å². The van der Waals surface area contributed by atoms with Gasteiger partial charge in [-0.15, -0.1) is 10.2 Å². The van der Waals surface area contributed by atoms with E-state index in [-0.39, 0.29) is 0 Å². The van der Waals surface area contributed by atoms with E-state index in [9.17, 15) is 0 Å². The van der Waals surface area contributed by atoms with E-state index in [0.717, 1.165) is 25.1 Å². The van der Waals surface area contributed by atoms with Crippen LogP contribution in [-0.4, -0.2) is 23.3 Å². The summed E-state index contributed by atoms with van der Waals surface area (Å²) in [4.78, 5) is 0. The van der Waals surface area contributed by atoms with E-state index in [1.165, 1.54) is 0 Å². The van der Waals surface area contributed by atoms with E-state index in [2.05, 4.69) is 15.5 Å². The lowest BCUT2D eigenvalue weighted by atomic mass is 10.00. The smallest absolute Gasteiger partial charge is 0.249 e. The Kier molecular flexibility index (Phi) is 2.82. The molecular weight excluding hydrogens is 238 g/mol. The highest BCUT2D eigenvalue weighted by atomic mass is 35.5. The van der Waals surface area contributed by atoms with Crippen molar-refractivity contribution in [3.05, 3.63) is 35.2 Å². The Morgan fingerprint density at radius 3 is 2.82 bits per heavy atom. The molecule has 0 bridgehead atoms. The summed E-state index contributed by atoms with van der Waals surface area (Å²) in [6.45, 7) is 2.06. The SMILES string of the molecule is Clc1ccccc1-c1nnc(CC2CNC2)o1. The highest BCUT2D eigenvalue weighted by Crippen LogP contribution is 2.26. The predicted octanol–water partition coefficient (Wildman–Crippen LogP) is 2.15. The molecule has 1 aliphatic rings. The monoisotopic (exact) mass is 249 g/mol. The van der Waals surface area contributed by atoms with Crippen molar-refractivity contribution >= 4 is 11.6 Å².